The summed E-state index contributed by atoms with van der Waals surface area (Å²) in [5.74, 6) is -0.564. The molecule has 3 aromatic carbocycles. The molecule has 2 aliphatic rings. The van der Waals surface area contributed by atoms with Crippen molar-refractivity contribution < 1.29 is 28.9 Å². The quantitative estimate of drug-likeness (QED) is 0.204. The van der Waals surface area contributed by atoms with Gasteiger partial charge in [0.15, 0.2) is 5.60 Å². The molecule has 1 N–H and O–H groups in total. The summed E-state index contributed by atoms with van der Waals surface area (Å²) in [7, 11) is 0. The third kappa shape index (κ3) is 6.17. The Morgan fingerprint density at radius 3 is 2.24 bits per heavy atom. The highest BCUT2D eigenvalue weighted by atomic mass is 16.6. The number of para-hydroxylation sites is 1. The summed E-state index contributed by atoms with van der Waals surface area (Å²) in [5.41, 5.74) is 0.322. The zero-order valence-corrected chi connectivity index (χ0v) is 27.8. The lowest BCUT2D eigenvalue weighted by Crippen LogP contribution is -2.57. The van der Waals surface area contributed by atoms with Crippen molar-refractivity contribution >= 4 is 17.5 Å². The third-order valence-corrected chi connectivity index (χ3v) is 9.96. The standard InChI is InChI=1S/C39H47NO6/c1-6-34(41)46-39(30-15-9-7-10-16-30,38(5,27(2)3)37(42)43)35-28(4)32-17-11-12-18-33(32)45-36(35)29-19-21-31(22-20-29)44-26-25-40-23-13-8-14-24-40/h7,9-12,15-22,27,36H,6,8,13-14,23-26H2,1-5H3,(H,42,43). The number of rotatable bonds is 12. The topological polar surface area (TPSA) is 85.3 Å². The molecule has 2 aliphatic heterocycles. The highest BCUT2D eigenvalue weighted by Gasteiger charge is 2.64. The van der Waals surface area contributed by atoms with Crippen molar-refractivity contribution in [2.75, 3.05) is 26.2 Å². The average molecular weight is 626 g/mol. The molecule has 0 radical (unpaired) electrons. The minimum absolute atomic E-state index is 0.0836. The van der Waals surface area contributed by atoms with Crippen molar-refractivity contribution in [3.05, 3.63) is 101 Å². The van der Waals surface area contributed by atoms with Gasteiger partial charge < -0.3 is 19.3 Å². The molecule has 0 spiro atoms. The summed E-state index contributed by atoms with van der Waals surface area (Å²) in [6, 6.07) is 24.8. The maximum Gasteiger partial charge on any atom is 0.314 e. The Bertz CT molecular complexity index is 1540. The molecule has 0 aliphatic carbocycles. The number of fused-ring (bicyclic) bond motifs is 1. The Morgan fingerprint density at radius 2 is 1.61 bits per heavy atom. The van der Waals surface area contributed by atoms with Crippen LogP contribution in [-0.4, -0.2) is 48.2 Å². The van der Waals surface area contributed by atoms with Crippen LogP contribution in [0.15, 0.2) is 84.4 Å². The summed E-state index contributed by atoms with van der Waals surface area (Å²) in [5, 5.41) is 11.1. The maximum atomic E-state index is 13.6. The van der Waals surface area contributed by atoms with E-state index >= 15 is 0 Å². The van der Waals surface area contributed by atoms with Crippen LogP contribution in [0.5, 0.6) is 11.5 Å². The molecule has 3 aromatic rings. The van der Waals surface area contributed by atoms with E-state index in [4.69, 9.17) is 14.2 Å². The second-order valence-corrected chi connectivity index (χ2v) is 12.9. The van der Waals surface area contributed by atoms with Crippen molar-refractivity contribution in [3.63, 3.8) is 0 Å². The molecule has 0 saturated carbocycles. The molecular formula is C39H47NO6. The second kappa shape index (κ2) is 14.1. The van der Waals surface area contributed by atoms with Crippen LogP contribution in [-0.2, 0) is 19.9 Å². The molecule has 3 unspecified atom stereocenters. The molecule has 5 rings (SSSR count). The smallest absolute Gasteiger partial charge is 0.314 e. The van der Waals surface area contributed by atoms with E-state index in [2.05, 4.69) is 4.90 Å². The van der Waals surface area contributed by atoms with Gasteiger partial charge in [-0.1, -0.05) is 87.9 Å². The van der Waals surface area contributed by atoms with Crippen LogP contribution < -0.4 is 9.47 Å². The fraction of sp³-hybridized carbons (Fsp3) is 0.436. The van der Waals surface area contributed by atoms with Gasteiger partial charge in [0.1, 0.15) is 29.6 Å². The lowest BCUT2D eigenvalue weighted by Gasteiger charge is -2.52. The van der Waals surface area contributed by atoms with Crippen LogP contribution in [0.4, 0.5) is 0 Å². The number of allylic oxidation sites excluding steroid dienone is 1. The zero-order chi connectivity index (χ0) is 32.9. The molecule has 2 heterocycles. The van der Waals surface area contributed by atoms with Crippen LogP contribution in [0.1, 0.15) is 83.1 Å². The Hall–Kier alpha value is -4.10. The number of carboxylic acids is 1. The molecule has 7 heteroatoms. The van der Waals surface area contributed by atoms with E-state index < -0.39 is 35.0 Å². The van der Waals surface area contributed by atoms with Gasteiger partial charge in [-0.25, -0.2) is 0 Å². The second-order valence-electron chi connectivity index (χ2n) is 12.9. The van der Waals surface area contributed by atoms with Crippen molar-refractivity contribution in [3.8, 4) is 11.5 Å². The number of nitrogens with zero attached hydrogens (tertiary/aromatic N) is 1. The predicted molar refractivity (Wildman–Crippen MR) is 180 cm³/mol. The first-order valence-corrected chi connectivity index (χ1v) is 16.6. The number of carbonyl (C=O) groups excluding carboxylic acids is 1. The summed E-state index contributed by atoms with van der Waals surface area (Å²) >= 11 is 0. The number of hydrogen-bond donors (Lipinski definition) is 1. The number of hydrogen-bond acceptors (Lipinski definition) is 6. The number of aliphatic carboxylic acids is 1. The fourth-order valence-corrected chi connectivity index (χ4v) is 6.98. The zero-order valence-electron chi connectivity index (χ0n) is 27.8. The minimum atomic E-state index is -1.72. The van der Waals surface area contributed by atoms with E-state index in [0.29, 0.717) is 23.5 Å². The highest BCUT2D eigenvalue weighted by Crippen LogP contribution is 2.60. The summed E-state index contributed by atoms with van der Waals surface area (Å²) in [6.45, 7) is 12.8. The first-order valence-electron chi connectivity index (χ1n) is 16.6. The molecule has 46 heavy (non-hydrogen) atoms. The van der Waals surface area contributed by atoms with Crippen LogP contribution >= 0.6 is 0 Å². The number of benzene rings is 3. The molecule has 244 valence electrons. The van der Waals surface area contributed by atoms with Gasteiger partial charge in [0, 0.05) is 29.7 Å². The normalized spacial score (nSPS) is 19.4. The number of piperidine rings is 1. The van der Waals surface area contributed by atoms with E-state index in [1.54, 1.807) is 13.8 Å². The van der Waals surface area contributed by atoms with Gasteiger partial charge in [0.05, 0.1) is 0 Å². The van der Waals surface area contributed by atoms with Crippen molar-refractivity contribution in [1.29, 1.82) is 0 Å². The van der Waals surface area contributed by atoms with Crippen LogP contribution in [0.25, 0.3) is 5.57 Å². The van der Waals surface area contributed by atoms with E-state index in [-0.39, 0.29) is 6.42 Å². The van der Waals surface area contributed by atoms with Crippen LogP contribution in [0.3, 0.4) is 0 Å². The van der Waals surface area contributed by atoms with Crippen molar-refractivity contribution in [1.82, 2.24) is 4.90 Å². The Morgan fingerprint density at radius 1 is 0.957 bits per heavy atom. The number of carboxylic acid groups (broad SMARTS) is 1. The SMILES string of the molecule is CCC(=O)OC(C1=C(C)c2ccccc2OC1c1ccc(OCCN2CCCCC2)cc1)(c1ccccc1)C(C)(C(=O)O)C(C)C. The van der Waals surface area contributed by atoms with Gasteiger partial charge in [-0.05, 0) is 75.0 Å². The monoisotopic (exact) mass is 625 g/mol. The molecule has 7 nitrogen and oxygen atoms in total. The van der Waals surface area contributed by atoms with Gasteiger partial charge in [-0.2, -0.15) is 0 Å². The number of likely N-dealkylation sites (tertiary alicyclic amines) is 1. The van der Waals surface area contributed by atoms with Crippen LogP contribution in [0.2, 0.25) is 0 Å². The van der Waals surface area contributed by atoms with Gasteiger partial charge in [0.25, 0.3) is 0 Å². The molecule has 0 aromatic heterocycles. The Balaban J connectivity index is 1.67. The van der Waals surface area contributed by atoms with E-state index in [0.717, 1.165) is 42.1 Å². The first kappa shape index (κ1) is 33.3. The lowest BCUT2D eigenvalue weighted by atomic mass is 9.57. The van der Waals surface area contributed by atoms with Crippen LogP contribution in [0, 0.1) is 11.3 Å². The van der Waals surface area contributed by atoms with E-state index in [9.17, 15) is 14.7 Å². The largest absolute Gasteiger partial charge is 0.492 e. The van der Waals surface area contributed by atoms with Gasteiger partial charge in [0.2, 0.25) is 0 Å². The molecule has 1 fully saturated rings. The average Bonchev–Trinajstić information content (AvgIpc) is 3.08. The summed E-state index contributed by atoms with van der Waals surface area (Å²) < 4.78 is 19.5. The van der Waals surface area contributed by atoms with Gasteiger partial charge >= 0.3 is 11.9 Å². The first-order chi connectivity index (χ1) is 22.1. The fourth-order valence-electron chi connectivity index (χ4n) is 6.98. The van der Waals surface area contributed by atoms with Gasteiger partial charge in [-0.15, -0.1) is 0 Å². The minimum Gasteiger partial charge on any atom is -0.492 e. The maximum absolute atomic E-state index is 13.6. The highest BCUT2D eigenvalue weighted by molar-refractivity contribution is 5.84. The summed E-state index contributed by atoms with van der Waals surface area (Å²) in [6.07, 6.45) is 3.11. The molecular weight excluding hydrogens is 578 g/mol. The molecule has 3 atom stereocenters. The van der Waals surface area contributed by atoms with Crippen molar-refractivity contribution in [2.24, 2.45) is 11.3 Å². The Labute approximate surface area is 273 Å². The number of ether oxygens (including phenoxy) is 3. The molecule has 1 saturated heterocycles. The molecule has 0 amide bonds. The van der Waals surface area contributed by atoms with Crippen molar-refractivity contribution in [2.45, 2.75) is 72.0 Å². The van der Waals surface area contributed by atoms with Gasteiger partial charge in [-0.3, -0.25) is 14.5 Å². The van der Waals surface area contributed by atoms with E-state index in [1.807, 2.05) is 99.6 Å². The molecule has 0 bridgehead atoms. The Kier molecular flexibility index (Phi) is 10.2. The number of esters is 1. The third-order valence-electron chi connectivity index (χ3n) is 9.96. The summed E-state index contributed by atoms with van der Waals surface area (Å²) in [4.78, 5) is 29.5. The van der Waals surface area contributed by atoms with E-state index in [1.165, 1.54) is 19.3 Å². The lowest BCUT2D eigenvalue weighted by molar-refractivity contribution is -0.191. The number of carbonyl (C=O) groups is 2. The predicted octanol–water partition coefficient (Wildman–Crippen LogP) is 8.05.